The number of aromatic hydroxyl groups is 2. The van der Waals surface area contributed by atoms with Crippen molar-refractivity contribution in [1.29, 1.82) is 0 Å². The van der Waals surface area contributed by atoms with Gasteiger partial charge in [0, 0.05) is 0 Å². The summed E-state index contributed by atoms with van der Waals surface area (Å²) >= 11 is 0. The third kappa shape index (κ3) is 4.65. The highest BCUT2D eigenvalue weighted by atomic mass is 16.6. The van der Waals surface area contributed by atoms with E-state index in [0.29, 0.717) is 13.2 Å². The van der Waals surface area contributed by atoms with Crippen molar-refractivity contribution in [3.63, 3.8) is 0 Å². The molecule has 2 aromatic rings. The van der Waals surface area contributed by atoms with Crippen LogP contribution in [0, 0.1) is 0 Å². The highest BCUT2D eigenvalue weighted by Crippen LogP contribution is 2.11. The Morgan fingerprint density at radius 3 is 1.42 bits per heavy atom. The predicted molar refractivity (Wildman–Crippen MR) is 72.9 cm³/mol. The molecule has 0 aliphatic heterocycles. The Morgan fingerprint density at radius 1 is 0.684 bits per heavy atom. The molecule has 98 valence electrons. The Kier molecular flexibility index (Phi) is 4.83. The van der Waals surface area contributed by atoms with Crippen molar-refractivity contribution in [1.82, 2.24) is 0 Å². The summed E-state index contributed by atoms with van der Waals surface area (Å²) in [6.07, 6.45) is 0. The van der Waals surface area contributed by atoms with Crippen LogP contribution in [0.4, 0.5) is 0 Å². The summed E-state index contributed by atoms with van der Waals surface area (Å²) in [5.74, 6) is 0.486. The van der Waals surface area contributed by atoms with Gasteiger partial charge in [0.15, 0.2) is 0 Å². The Balaban J connectivity index is 1.64. The molecule has 0 spiro atoms. The van der Waals surface area contributed by atoms with Gasteiger partial charge in [-0.1, -0.05) is 24.3 Å². The Morgan fingerprint density at radius 2 is 1.05 bits per heavy atom. The normalized spacial score (nSPS) is 10.3. The smallest absolute Gasteiger partial charge is 0.438 e. The molecule has 0 aliphatic carbocycles. The van der Waals surface area contributed by atoms with Gasteiger partial charge in [0.25, 0.3) is 0 Å². The summed E-state index contributed by atoms with van der Waals surface area (Å²) in [7, 11) is 0.196. The van der Waals surface area contributed by atoms with E-state index in [2.05, 4.69) is 0 Å². The average Bonchev–Trinajstić information content (AvgIpc) is 2.43. The number of phenolic OH excluding ortho intramolecular Hbond substituents is 2. The maximum Gasteiger partial charge on any atom is 0.438 e. The average molecular weight is 258 g/mol. The summed E-state index contributed by atoms with van der Waals surface area (Å²) < 4.78 is 10.7. The first-order valence-electron chi connectivity index (χ1n) is 5.95. The van der Waals surface area contributed by atoms with Gasteiger partial charge in [0.1, 0.15) is 11.5 Å². The van der Waals surface area contributed by atoms with E-state index in [1.54, 1.807) is 48.5 Å². The minimum Gasteiger partial charge on any atom is -0.508 e. The van der Waals surface area contributed by atoms with Crippen LogP contribution in [-0.2, 0) is 22.5 Å². The van der Waals surface area contributed by atoms with Gasteiger partial charge in [0.05, 0.1) is 13.2 Å². The molecule has 2 aromatic carbocycles. The fourth-order valence-electron chi connectivity index (χ4n) is 1.56. The zero-order valence-electron chi connectivity index (χ0n) is 10.5. The van der Waals surface area contributed by atoms with Gasteiger partial charge in [0.2, 0.25) is 0 Å². The lowest BCUT2D eigenvalue weighted by atomic mass is 10.2. The van der Waals surface area contributed by atoms with E-state index in [1.807, 2.05) is 0 Å². The number of benzene rings is 2. The highest BCUT2D eigenvalue weighted by Gasteiger charge is 1.98. The Hall–Kier alpha value is -1.98. The van der Waals surface area contributed by atoms with Gasteiger partial charge in [-0.05, 0) is 35.4 Å². The molecule has 2 rings (SSSR count). The summed E-state index contributed by atoms with van der Waals surface area (Å²) in [6, 6.07) is 13.7. The molecule has 4 nitrogen and oxygen atoms in total. The lowest BCUT2D eigenvalue weighted by molar-refractivity contribution is 0.207. The van der Waals surface area contributed by atoms with Gasteiger partial charge in [-0.3, -0.25) is 0 Å². The van der Waals surface area contributed by atoms with Crippen LogP contribution in [0.1, 0.15) is 11.1 Å². The molecule has 0 aromatic heterocycles. The maximum atomic E-state index is 9.13. The van der Waals surface area contributed by atoms with Crippen molar-refractivity contribution in [2.45, 2.75) is 13.2 Å². The number of hydrogen-bond acceptors (Lipinski definition) is 4. The fourth-order valence-corrected chi connectivity index (χ4v) is 1.56. The third-order valence-electron chi connectivity index (χ3n) is 2.58. The lowest BCUT2D eigenvalue weighted by Crippen LogP contribution is -2.04. The van der Waals surface area contributed by atoms with Gasteiger partial charge < -0.3 is 19.5 Å². The van der Waals surface area contributed by atoms with Crippen molar-refractivity contribution in [3.8, 4) is 11.5 Å². The minimum atomic E-state index is 0.196. The molecular formula is C14H15BO4. The molecular weight excluding hydrogens is 243 g/mol. The zero-order valence-corrected chi connectivity index (χ0v) is 10.5. The van der Waals surface area contributed by atoms with E-state index >= 15 is 0 Å². The number of hydrogen-bond donors (Lipinski definition) is 2. The van der Waals surface area contributed by atoms with E-state index < -0.39 is 0 Å². The number of phenols is 2. The van der Waals surface area contributed by atoms with Crippen LogP contribution in [0.15, 0.2) is 48.5 Å². The molecule has 0 saturated heterocycles. The van der Waals surface area contributed by atoms with Crippen LogP contribution < -0.4 is 0 Å². The monoisotopic (exact) mass is 258 g/mol. The van der Waals surface area contributed by atoms with Crippen molar-refractivity contribution in [2.24, 2.45) is 0 Å². The first-order chi connectivity index (χ1) is 9.24. The van der Waals surface area contributed by atoms with E-state index in [1.165, 1.54) is 0 Å². The molecule has 0 amide bonds. The van der Waals surface area contributed by atoms with Crippen LogP contribution in [0.2, 0.25) is 0 Å². The quantitative estimate of drug-likeness (QED) is 0.615. The fraction of sp³-hybridized carbons (Fsp3) is 0.143. The molecule has 0 unspecified atom stereocenters. The first kappa shape index (κ1) is 13.5. The van der Waals surface area contributed by atoms with E-state index in [9.17, 15) is 0 Å². The maximum absolute atomic E-state index is 9.13. The van der Waals surface area contributed by atoms with E-state index in [4.69, 9.17) is 19.5 Å². The third-order valence-corrected chi connectivity index (χ3v) is 2.58. The van der Waals surface area contributed by atoms with Gasteiger partial charge in [-0.15, -0.1) is 0 Å². The predicted octanol–water partition coefficient (Wildman–Crippen LogP) is 2.10. The molecule has 0 fully saturated rings. The summed E-state index contributed by atoms with van der Waals surface area (Å²) in [6.45, 7) is 0.881. The van der Waals surface area contributed by atoms with Crippen LogP contribution >= 0.6 is 0 Å². The van der Waals surface area contributed by atoms with Gasteiger partial charge in [-0.25, -0.2) is 0 Å². The largest absolute Gasteiger partial charge is 0.508 e. The summed E-state index contributed by atoms with van der Waals surface area (Å²) in [4.78, 5) is 0. The van der Waals surface area contributed by atoms with Crippen molar-refractivity contribution in [3.05, 3.63) is 59.7 Å². The van der Waals surface area contributed by atoms with Crippen LogP contribution in [-0.4, -0.2) is 17.9 Å². The lowest BCUT2D eigenvalue weighted by Gasteiger charge is -2.05. The molecule has 5 heteroatoms. The van der Waals surface area contributed by atoms with Crippen molar-refractivity contribution >= 4 is 7.69 Å². The summed E-state index contributed by atoms with van der Waals surface area (Å²) in [5.41, 5.74) is 1.96. The Labute approximate surface area is 112 Å². The van der Waals surface area contributed by atoms with Crippen LogP contribution in [0.5, 0.6) is 11.5 Å². The standard InChI is InChI=1S/C14H15BO4/c16-13-5-1-11(2-6-13)9-18-15-19-10-12-3-7-14(17)8-4-12/h1-8,15-17H,9-10H2. The molecule has 0 heterocycles. The van der Waals surface area contributed by atoms with Gasteiger partial charge >= 0.3 is 7.69 Å². The molecule has 2 N–H and O–H groups in total. The van der Waals surface area contributed by atoms with E-state index in [0.717, 1.165) is 11.1 Å². The molecule has 0 aliphatic rings. The Bertz CT molecular complexity index is 448. The molecule has 0 atom stereocenters. The number of rotatable bonds is 6. The van der Waals surface area contributed by atoms with Crippen LogP contribution in [0.25, 0.3) is 0 Å². The minimum absolute atomic E-state index is 0.196. The topological polar surface area (TPSA) is 58.9 Å². The highest BCUT2D eigenvalue weighted by molar-refractivity contribution is 6.17. The molecule has 0 saturated carbocycles. The van der Waals surface area contributed by atoms with E-state index in [-0.39, 0.29) is 19.2 Å². The first-order valence-corrected chi connectivity index (χ1v) is 5.95. The molecule has 0 bridgehead atoms. The second-order valence-corrected chi connectivity index (χ2v) is 4.15. The summed E-state index contributed by atoms with van der Waals surface area (Å²) in [5, 5.41) is 18.3. The van der Waals surface area contributed by atoms with Crippen molar-refractivity contribution in [2.75, 3.05) is 0 Å². The second-order valence-electron chi connectivity index (χ2n) is 4.15. The van der Waals surface area contributed by atoms with Crippen molar-refractivity contribution < 1.29 is 19.5 Å². The SMILES string of the molecule is Oc1ccc(COBOCc2ccc(O)cc2)cc1. The van der Waals surface area contributed by atoms with Crippen LogP contribution in [0.3, 0.4) is 0 Å². The zero-order chi connectivity index (χ0) is 13.5. The second kappa shape index (κ2) is 6.82. The molecule has 19 heavy (non-hydrogen) atoms. The molecule has 0 radical (unpaired) electrons. The van der Waals surface area contributed by atoms with Gasteiger partial charge in [-0.2, -0.15) is 0 Å².